The molecule has 0 aliphatic carbocycles. The van der Waals surface area contributed by atoms with E-state index in [1.807, 2.05) is 6.92 Å². The highest BCUT2D eigenvalue weighted by Crippen LogP contribution is 2.15. The lowest BCUT2D eigenvalue weighted by molar-refractivity contribution is -0.151. The van der Waals surface area contributed by atoms with Crippen LogP contribution in [0.3, 0.4) is 0 Å². The fourth-order valence-electron chi connectivity index (χ4n) is 1.35. The number of rotatable bonds is 7. The zero-order valence-corrected chi connectivity index (χ0v) is 10.4. The van der Waals surface area contributed by atoms with Gasteiger partial charge in [0.05, 0.1) is 7.11 Å². The lowest BCUT2D eigenvalue weighted by Crippen LogP contribution is -2.29. The highest BCUT2D eigenvalue weighted by Gasteiger charge is 2.29. The lowest BCUT2D eigenvalue weighted by Gasteiger charge is -2.14. The largest absolute Gasteiger partial charge is 0.468 e. The van der Waals surface area contributed by atoms with Crippen molar-refractivity contribution in [2.75, 3.05) is 7.11 Å². The molecule has 0 saturated carbocycles. The van der Waals surface area contributed by atoms with Crippen LogP contribution in [-0.2, 0) is 19.1 Å². The summed E-state index contributed by atoms with van der Waals surface area (Å²) in [5.41, 5.74) is 0. The number of esters is 1. The molecule has 0 N–H and O–H groups in total. The van der Waals surface area contributed by atoms with Crippen molar-refractivity contribution in [2.45, 2.75) is 40.0 Å². The molecule has 0 aromatic rings. The van der Waals surface area contributed by atoms with Crippen LogP contribution in [0.5, 0.6) is 0 Å². The average molecular weight is 228 g/mol. The quantitative estimate of drug-likeness (QED) is 0.492. The Morgan fingerprint density at radius 3 is 2.06 bits per heavy atom. The van der Waals surface area contributed by atoms with Crippen LogP contribution in [0.25, 0.3) is 0 Å². The van der Waals surface area contributed by atoms with Crippen molar-refractivity contribution < 1.29 is 19.1 Å². The van der Waals surface area contributed by atoms with Crippen molar-refractivity contribution in [1.29, 1.82) is 0 Å². The Labute approximate surface area is 96.4 Å². The third-order valence-electron chi connectivity index (χ3n) is 2.79. The van der Waals surface area contributed by atoms with Gasteiger partial charge >= 0.3 is 5.97 Å². The summed E-state index contributed by atoms with van der Waals surface area (Å²) in [5.74, 6) is -1.93. The summed E-state index contributed by atoms with van der Waals surface area (Å²) in [6.07, 6.45) is 0.926. The molecule has 92 valence electrons. The zero-order valence-electron chi connectivity index (χ0n) is 10.4. The molecule has 0 amide bonds. The maximum Gasteiger partial charge on any atom is 0.316 e. The molecule has 2 atom stereocenters. The monoisotopic (exact) mass is 228 g/mol. The first-order chi connectivity index (χ1) is 7.47. The van der Waals surface area contributed by atoms with E-state index in [-0.39, 0.29) is 30.3 Å². The Kier molecular flexibility index (Phi) is 6.61. The third-order valence-corrected chi connectivity index (χ3v) is 2.79. The van der Waals surface area contributed by atoms with Gasteiger partial charge in [-0.1, -0.05) is 20.8 Å². The molecule has 0 saturated heterocycles. The van der Waals surface area contributed by atoms with E-state index in [9.17, 15) is 14.4 Å². The fourth-order valence-corrected chi connectivity index (χ4v) is 1.35. The van der Waals surface area contributed by atoms with Gasteiger partial charge in [-0.2, -0.15) is 0 Å². The summed E-state index contributed by atoms with van der Waals surface area (Å²) in [6, 6.07) is 0. The Morgan fingerprint density at radius 2 is 1.69 bits per heavy atom. The number of carbonyl (C=O) groups excluding carboxylic acids is 3. The molecule has 0 aliphatic rings. The smallest absolute Gasteiger partial charge is 0.316 e. The van der Waals surface area contributed by atoms with Crippen LogP contribution in [-0.4, -0.2) is 24.6 Å². The lowest BCUT2D eigenvalue weighted by atomic mass is 9.90. The van der Waals surface area contributed by atoms with Gasteiger partial charge < -0.3 is 4.74 Å². The molecule has 0 spiro atoms. The van der Waals surface area contributed by atoms with Gasteiger partial charge in [0.25, 0.3) is 0 Å². The molecule has 4 nitrogen and oxygen atoms in total. The van der Waals surface area contributed by atoms with Crippen molar-refractivity contribution in [3.63, 3.8) is 0 Å². The van der Waals surface area contributed by atoms with Crippen molar-refractivity contribution in [2.24, 2.45) is 11.8 Å². The van der Waals surface area contributed by atoms with E-state index < -0.39 is 11.9 Å². The van der Waals surface area contributed by atoms with Crippen LogP contribution in [0.2, 0.25) is 0 Å². The van der Waals surface area contributed by atoms with Crippen molar-refractivity contribution in [3.8, 4) is 0 Å². The van der Waals surface area contributed by atoms with Crippen molar-refractivity contribution in [3.05, 3.63) is 0 Å². The molecule has 0 bridgehead atoms. The van der Waals surface area contributed by atoms with Gasteiger partial charge in [0.2, 0.25) is 0 Å². The van der Waals surface area contributed by atoms with Gasteiger partial charge in [-0.3, -0.25) is 14.4 Å². The topological polar surface area (TPSA) is 60.4 Å². The van der Waals surface area contributed by atoms with Gasteiger partial charge in [-0.05, 0) is 6.42 Å². The molecule has 0 radical (unpaired) electrons. The number of carbonyl (C=O) groups is 3. The Bertz CT molecular complexity index is 254. The minimum atomic E-state index is -0.920. The Hall–Kier alpha value is -1.19. The van der Waals surface area contributed by atoms with E-state index in [1.54, 1.807) is 13.8 Å². The van der Waals surface area contributed by atoms with Gasteiger partial charge in [0.1, 0.15) is 17.5 Å². The highest BCUT2D eigenvalue weighted by atomic mass is 16.5. The second kappa shape index (κ2) is 7.14. The van der Waals surface area contributed by atoms with Gasteiger partial charge in [-0.15, -0.1) is 0 Å². The van der Waals surface area contributed by atoms with Crippen molar-refractivity contribution in [1.82, 2.24) is 0 Å². The van der Waals surface area contributed by atoms with Crippen LogP contribution in [0.1, 0.15) is 40.0 Å². The predicted molar refractivity (Wildman–Crippen MR) is 59.9 cm³/mol. The summed E-state index contributed by atoms with van der Waals surface area (Å²) in [7, 11) is 1.23. The minimum Gasteiger partial charge on any atom is -0.468 e. The van der Waals surface area contributed by atoms with E-state index in [2.05, 4.69) is 4.74 Å². The predicted octanol–water partition coefficient (Wildman–Crippen LogP) is 1.76. The van der Waals surface area contributed by atoms with E-state index in [4.69, 9.17) is 0 Å². The molecule has 16 heavy (non-hydrogen) atoms. The maximum atomic E-state index is 11.7. The molecule has 0 aliphatic heterocycles. The molecule has 0 heterocycles. The summed E-state index contributed by atoms with van der Waals surface area (Å²) < 4.78 is 4.54. The summed E-state index contributed by atoms with van der Waals surface area (Å²) in [4.78, 5) is 34.5. The molecule has 0 aromatic carbocycles. The van der Waals surface area contributed by atoms with Crippen LogP contribution in [0, 0.1) is 11.8 Å². The molecule has 2 unspecified atom stereocenters. The summed E-state index contributed by atoms with van der Waals surface area (Å²) in [5, 5.41) is 0. The van der Waals surface area contributed by atoms with Crippen LogP contribution < -0.4 is 0 Å². The summed E-state index contributed by atoms with van der Waals surface area (Å²) >= 11 is 0. The number of Topliss-reactive ketones (excluding diaryl/α,β-unsaturated/α-hetero) is 2. The Morgan fingerprint density at radius 1 is 1.12 bits per heavy atom. The van der Waals surface area contributed by atoms with E-state index >= 15 is 0 Å². The molecule has 0 fully saturated rings. The zero-order chi connectivity index (χ0) is 12.7. The fraction of sp³-hybridized carbons (Fsp3) is 0.750. The number of hydrogen-bond acceptors (Lipinski definition) is 4. The number of hydrogen-bond donors (Lipinski definition) is 0. The van der Waals surface area contributed by atoms with Gasteiger partial charge in [0, 0.05) is 18.8 Å². The van der Waals surface area contributed by atoms with Crippen LogP contribution in [0.15, 0.2) is 0 Å². The second-order valence-electron chi connectivity index (χ2n) is 3.88. The SMILES string of the molecule is CCC(=O)C(CC(=O)C(C)CC)C(=O)OC. The van der Waals surface area contributed by atoms with Crippen molar-refractivity contribution >= 4 is 17.5 Å². The maximum absolute atomic E-state index is 11.7. The molecular weight excluding hydrogens is 208 g/mol. The molecule has 0 aromatic heterocycles. The van der Waals surface area contributed by atoms with E-state index in [1.165, 1.54) is 7.11 Å². The Balaban J connectivity index is 4.61. The minimum absolute atomic E-state index is 0.0334. The average Bonchev–Trinajstić information content (AvgIpc) is 2.32. The molecule has 0 rings (SSSR count). The molecule has 4 heteroatoms. The normalized spacial score (nSPS) is 14.0. The number of ketones is 2. The van der Waals surface area contributed by atoms with E-state index in [0.717, 1.165) is 0 Å². The van der Waals surface area contributed by atoms with Crippen LogP contribution in [0.4, 0.5) is 0 Å². The van der Waals surface area contributed by atoms with Gasteiger partial charge in [0.15, 0.2) is 0 Å². The summed E-state index contributed by atoms with van der Waals surface area (Å²) in [6.45, 7) is 5.37. The third kappa shape index (κ3) is 4.13. The molecular formula is C12H20O4. The number of methoxy groups -OCH3 is 1. The first-order valence-electron chi connectivity index (χ1n) is 5.61. The first-order valence-corrected chi connectivity index (χ1v) is 5.61. The van der Waals surface area contributed by atoms with Gasteiger partial charge in [-0.25, -0.2) is 0 Å². The highest BCUT2D eigenvalue weighted by molar-refractivity contribution is 6.02. The van der Waals surface area contributed by atoms with E-state index in [0.29, 0.717) is 6.42 Å². The van der Waals surface area contributed by atoms with Crippen LogP contribution >= 0.6 is 0 Å². The number of ether oxygens (including phenoxy) is 1. The first kappa shape index (κ1) is 14.8. The standard InChI is InChI=1S/C12H20O4/c1-5-8(3)11(14)7-9(10(13)6-2)12(15)16-4/h8-9H,5-7H2,1-4H3. The second-order valence-corrected chi connectivity index (χ2v) is 3.88.